The van der Waals surface area contributed by atoms with E-state index in [0.717, 1.165) is 79.7 Å². The van der Waals surface area contributed by atoms with Gasteiger partial charge in [0.15, 0.2) is 0 Å². The van der Waals surface area contributed by atoms with E-state index in [0.29, 0.717) is 53.6 Å². The van der Waals surface area contributed by atoms with Crippen LogP contribution in [0, 0.1) is 0 Å². The van der Waals surface area contributed by atoms with Gasteiger partial charge in [-0.25, -0.2) is 4.98 Å². The number of aliphatic hydroxyl groups is 1. The number of aromatic amines is 1. The van der Waals surface area contributed by atoms with Gasteiger partial charge in [-0.1, -0.05) is 31.3 Å². The van der Waals surface area contributed by atoms with Gasteiger partial charge in [-0.05, 0) is 62.8 Å². The second kappa shape index (κ2) is 15.5. The highest BCUT2D eigenvalue weighted by molar-refractivity contribution is 7.99. The number of rotatable bonds is 14. The Morgan fingerprint density at radius 1 is 1.20 bits per heavy atom. The van der Waals surface area contributed by atoms with Gasteiger partial charge in [-0.15, -0.1) is 11.3 Å². The number of amides is 1. The summed E-state index contributed by atoms with van der Waals surface area (Å²) in [5, 5.41) is 26.8. The molecule has 4 N–H and O–H groups in total. The zero-order valence-corrected chi connectivity index (χ0v) is 28.1. The van der Waals surface area contributed by atoms with Gasteiger partial charge in [0, 0.05) is 43.0 Å². The zero-order valence-electron chi connectivity index (χ0n) is 25.7. The molecule has 2 fully saturated rings. The first kappa shape index (κ1) is 33.4. The van der Waals surface area contributed by atoms with Gasteiger partial charge in [-0.3, -0.25) is 9.59 Å². The fraction of sp³-hybridized carbons (Fsp3) is 0.645. The third-order valence-corrected chi connectivity index (χ3v) is 11.7. The molecule has 2 saturated heterocycles. The lowest BCUT2D eigenvalue weighted by Gasteiger charge is -2.47. The Kier molecular flexibility index (Phi) is 11.8. The molecule has 0 unspecified atom stereocenters. The summed E-state index contributed by atoms with van der Waals surface area (Å²) in [6, 6.07) is 3.19. The largest absolute Gasteiger partial charge is 0.506 e. The maximum Gasteiger partial charge on any atom is 0.305 e. The second-order valence-corrected chi connectivity index (χ2v) is 15.2. The molecule has 5 rings (SSSR count). The number of nitrogens with zero attached hydrogens (tertiary/aromatic N) is 3. The molecule has 0 saturated carbocycles. The number of hydrogen-bond donors (Lipinski definition) is 4. The van der Waals surface area contributed by atoms with Crippen LogP contribution in [0.1, 0.15) is 79.0 Å². The van der Waals surface area contributed by atoms with Crippen molar-refractivity contribution in [2.24, 2.45) is 0 Å². The van der Waals surface area contributed by atoms with Crippen LogP contribution in [0.2, 0.25) is 0 Å². The number of likely N-dealkylation sites (tertiary alicyclic amines) is 1. The second-order valence-electron chi connectivity index (χ2n) is 12.1. The number of aliphatic hydroxyl groups excluding tert-OH is 1. The lowest BCUT2D eigenvalue weighted by atomic mass is 9.89. The Morgan fingerprint density at radius 2 is 2.00 bits per heavy atom. The van der Waals surface area contributed by atoms with E-state index in [1.165, 1.54) is 12.5 Å². The van der Waals surface area contributed by atoms with Gasteiger partial charge >= 0.3 is 4.87 Å². The van der Waals surface area contributed by atoms with E-state index in [1.807, 2.05) is 22.0 Å². The number of unbranched alkanes of at least 4 members (excludes halogenated alkanes) is 1. The molecule has 44 heavy (non-hydrogen) atoms. The van der Waals surface area contributed by atoms with E-state index in [9.17, 15) is 19.8 Å². The number of aromatic nitrogens is 2. The lowest BCUT2D eigenvalue weighted by molar-refractivity contribution is -0.127. The van der Waals surface area contributed by atoms with Crippen molar-refractivity contribution in [2.45, 2.75) is 63.6 Å². The molecule has 0 aliphatic carbocycles. The Bertz CT molecular complexity index is 1430. The summed E-state index contributed by atoms with van der Waals surface area (Å²) in [6.07, 6.45) is 4.51. The third kappa shape index (κ3) is 8.42. The highest BCUT2D eigenvalue weighted by atomic mass is 32.2. The van der Waals surface area contributed by atoms with Gasteiger partial charge in [-0.2, -0.15) is 11.8 Å². The topological polar surface area (TPSA) is 131 Å². The van der Waals surface area contributed by atoms with Crippen LogP contribution in [-0.4, -0.2) is 105 Å². The number of fused-ring (bicyclic) bond motifs is 1. The van der Waals surface area contributed by atoms with Crippen LogP contribution >= 0.6 is 34.4 Å². The van der Waals surface area contributed by atoms with E-state index in [1.54, 1.807) is 17.4 Å². The highest BCUT2D eigenvalue weighted by Gasteiger charge is 2.41. The minimum Gasteiger partial charge on any atom is -0.506 e. The average molecular weight is 664 g/mol. The molecule has 4 heterocycles. The number of benzene rings is 1. The number of phenolic OH excluding ortho intramolecular Hbond substituents is 1. The van der Waals surface area contributed by atoms with Crippen molar-refractivity contribution >= 4 is 50.6 Å². The molecule has 1 amide bonds. The maximum absolute atomic E-state index is 13.1. The van der Waals surface area contributed by atoms with Crippen molar-refractivity contribution < 1.29 is 19.7 Å². The van der Waals surface area contributed by atoms with Gasteiger partial charge in [0.05, 0.1) is 34.6 Å². The minimum atomic E-state index is -0.740. The molecule has 3 aromatic rings. The summed E-state index contributed by atoms with van der Waals surface area (Å²) in [4.78, 5) is 36.3. The summed E-state index contributed by atoms with van der Waals surface area (Å²) in [6.45, 7) is 10.5. The summed E-state index contributed by atoms with van der Waals surface area (Å²) in [5.74, 6) is 2.67. The number of ether oxygens (including phenoxy) is 1. The number of H-pyrrole nitrogens is 1. The Balaban J connectivity index is 0.911. The Labute approximate surface area is 271 Å². The van der Waals surface area contributed by atoms with Crippen LogP contribution in [0.5, 0.6) is 5.75 Å². The smallest absolute Gasteiger partial charge is 0.305 e. The minimum absolute atomic E-state index is 0.0205. The number of carbonyl (C=O) groups excluding carboxylic acids is 1. The summed E-state index contributed by atoms with van der Waals surface area (Å²) < 4.78 is 6.90. The van der Waals surface area contributed by atoms with Gasteiger partial charge in [0.1, 0.15) is 17.0 Å². The summed E-state index contributed by atoms with van der Waals surface area (Å²) >= 11 is 4.58. The number of piperidine rings is 1. The zero-order chi connectivity index (χ0) is 31.1. The molecule has 0 radical (unpaired) electrons. The van der Waals surface area contributed by atoms with Crippen molar-refractivity contribution in [3.63, 3.8) is 0 Å². The number of thioether (sulfide) groups is 1. The SMILES string of the molecule is CC(C)c1nc(C(=O)N2CCOC3(CCN(CCCSCCCCNC[C@H](O)c4ccc(O)c5[nH]c(=O)sc45)CC3)C2)cs1. The van der Waals surface area contributed by atoms with Crippen LogP contribution in [0.3, 0.4) is 0 Å². The molecule has 10 nitrogen and oxygen atoms in total. The fourth-order valence-corrected chi connectivity index (χ4v) is 8.59. The van der Waals surface area contributed by atoms with Crippen molar-refractivity contribution in [3.8, 4) is 5.75 Å². The molecule has 2 aliphatic heterocycles. The Hall–Kier alpha value is -2.00. The van der Waals surface area contributed by atoms with Crippen LogP contribution in [0.4, 0.5) is 0 Å². The normalized spacial score (nSPS) is 18.0. The first-order chi connectivity index (χ1) is 21.2. The molecule has 1 atom stereocenters. The van der Waals surface area contributed by atoms with E-state index in [-0.39, 0.29) is 22.1 Å². The summed E-state index contributed by atoms with van der Waals surface area (Å²) in [7, 11) is 0. The van der Waals surface area contributed by atoms with Crippen molar-refractivity contribution in [3.05, 3.63) is 43.4 Å². The lowest BCUT2D eigenvalue weighted by Crippen LogP contribution is -2.58. The van der Waals surface area contributed by atoms with E-state index < -0.39 is 6.10 Å². The predicted octanol–water partition coefficient (Wildman–Crippen LogP) is 4.41. The molecular formula is C31H45N5O5S3. The quantitative estimate of drug-likeness (QED) is 0.185. The average Bonchev–Trinajstić information content (AvgIpc) is 3.67. The van der Waals surface area contributed by atoms with E-state index in [2.05, 4.69) is 34.0 Å². The molecule has 1 spiro atoms. The van der Waals surface area contributed by atoms with Gasteiger partial charge < -0.3 is 35.1 Å². The van der Waals surface area contributed by atoms with Crippen molar-refractivity contribution in [2.75, 3.05) is 63.9 Å². The number of morpholine rings is 1. The predicted molar refractivity (Wildman–Crippen MR) is 180 cm³/mol. The number of aromatic hydroxyl groups is 1. The first-order valence-corrected chi connectivity index (χ1v) is 18.5. The number of nitrogens with one attached hydrogen (secondary N) is 2. The van der Waals surface area contributed by atoms with Crippen LogP contribution in [-0.2, 0) is 4.74 Å². The first-order valence-electron chi connectivity index (χ1n) is 15.7. The molecule has 242 valence electrons. The number of hydrogen-bond acceptors (Lipinski definition) is 11. The summed E-state index contributed by atoms with van der Waals surface area (Å²) in [5.41, 5.74) is 1.40. The molecule has 2 aliphatic rings. The maximum atomic E-state index is 13.1. The number of carbonyl (C=O) groups is 1. The molecule has 0 bridgehead atoms. The number of thiazole rings is 2. The number of phenols is 1. The van der Waals surface area contributed by atoms with Crippen LogP contribution < -0.4 is 10.2 Å². The van der Waals surface area contributed by atoms with Crippen LogP contribution in [0.15, 0.2) is 22.3 Å². The molecule has 2 aromatic heterocycles. The van der Waals surface area contributed by atoms with E-state index in [4.69, 9.17) is 4.74 Å². The highest BCUT2D eigenvalue weighted by Crippen LogP contribution is 2.32. The van der Waals surface area contributed by atoms with Crippen LogP contribution in [0.25, 0.3) is 10.2 Å². The molecule has 13 heteroatoms. The van der Waals surface area contributed by atoms with Gasteiger partial charge in [0.25, 0.3) is 5.91 Å². The molecular weight excluding hydrogens is 619 g/mol. The van der Waals surface area contributed by atoms with E-state index >= 15 is 0 Å². The van der Waals surface area contributed by atoms with Crippen molar-refractivity contribution in [1.82, 2.24) is 25.1 Å². The standard InChI is InChI=1S/C31H45N5O5S3/c1-21(2)28-33-23(19-43-28)29(39)36-14-15-41-31(20-36)8-12-35(13-9-31)11-5-17-42-16-4-3-10-32-18-25(38)22-6-7-24(37)26-27(22)44-30(40)34-26/h6-7,19,21,25,32,37-38H,3-5,8-18,20H2,1-2H3,(H,34,40)/t25-/m0/s1. The monoisotopic (exact) mass is 663 g/mol. The van der Waals surface area contributed by atoms with Crippen molar-refractivity contribution in [1.29, 1.82) is 0 Å². The molecule has 1 aromatic carbocycles. The Morgan fingerprint density at radius 3 is 2.77 bits per heavy atom. The third-order valence-electron chi connectivity index (χ3n) is 8.48. The fourth-order valence-electron chi connectivity index (χ4n) is 5.91. The van der Waals surface area contributed by atoms with Gasteiger partial charge in [0.2, 0.25) is 0 Å².